The molecule has 1 aromatic rings. The molecule has 90 valence electrons. The maximum Gasteiger partial charge on any atom is 0.163 e. The Hall–Kier alpha value is -2.13. The standard InChI is InChI=1S/C11H14N4O2/c1-5-9(6(2)16)10(13)8(4-12)11(14-5)15-7(3)17/h7,17H,1-3H3,(H3,13,14,15). The van der Waals surface area contributed by atoms with Crippen molar-refractivity contribution in [3.05, 3.63) is 16.8 Å². The lowest BCUT2D eigenvalue weighted by molar-refractivity contribution is 0.101. The lowest BCUT2D eigenvalue weighted by Crippen LogP contribution is -2.18. The molecule has 0 fully saturated rings. The zero-order chi connectivity index (χ0) is 13.2. The van der Waals surface area contributed by atoms with Crippen molar-refractivity contribution in [1.82, 2.24) is 4.98 Å². The first-order valence-corrected chi connectivity index (χ1v) is 5.04. The average Bonchev–Trinajstić information content (AvgIpc) is 2.15. The largest absolute Gasteiger partial charge is 0.397 e. The molecule has 0 aliphatic heterocycles. The number of nitrogens with zero attached hydrogens (tertiary/aromatic N) is 2. The second-order valence-corrected chi connectivity index (χ2v) is 3.70. The van der Waals surface area contributed by atoms with E-state index in [1.54, 1.807) is 6.92 Å². The summed E-state index contributed by atoms with van der Waals surface area (Å²) in [7, 11) is 0. The summed E-state index contributed by atoms with van der Waals surface area (Å²) in [5.41, 5.74) is 6.61. The molecule has 0 aliphatic rings. The maximum atomic E-state index is 11.4. The Labute approximate surface area is 99.1 Å². The summed E-state index contributed by atoms with van der Waals surface area (Å²) in [5, 5.41) is 20.8. The Bertz CT molecular complexity index is 503. The molecular formula is C11H14N4O2. The van der Waals surface area contributed by atoms with Crippen LogP contribution in [-0.4, -0.2) is 22.1 Å². The summed E-state index contributed by atoms with van der Waals surface area (Å²) in [6.07, 6.45) is -0.864. The number of nitrogens with two attached hydrogens (primary N) is 1. The normalized spacial score (nSPS) is 11.7. The van der Waals surface area contributed by atoms with Crippen molar-refractivity contribution < 1.29 is 9.90 Å². The van der Waals surface area contributed by atoms with Gasteiger partial charge >= 0.3 is 0 Å². The van der Waals surface area contributed by atoms with E-state index in [0.717, 1.165) is 0 Å². The second-order valence-electron chi connectivity index (χ2n) is 3.70. The number of hydrogen-bond donors (Lipinski definition) is 3. The van der Waals surface area contributed by atoms with Gasteiger partial charge in [0.15, 0.2) is 5.78 Å². The predicted octanol–water partition coefficient (Wildman–Crippen LogP) is 0.797. The van der Waals surface area contributed by atoms with Crippen molar-refractivity contribution in [1.29, 1.82) is 5.26 Å². The molecule has 0 aromatic carbocycles. The van der Waals surface area contributed by atoms with Crippen LogP contribution in [0.15, 0.2) is 0 Å². The number of aryl methyl sites for hydroxylation is 1. The number of aliphatic hydroxyl groups excluding tert-OH is 1. The Kier molecular flexibility index (Phi) is 3.66. The Morgan fingerprint density at radius 1 is 1.65 bits per heavy atom. The van der Waals surface area contributed by atoms with E-state index in [4.69, 9.17) is 11.0 Å². The molecule has 6 heteroatoms. The van der Waals surface area contributed by atoms with Crippen LogP contribution in [0.3, 0.4) is 0 Å². The SMILES string of the molecule is CC(=O)c1c(C)nc(NC(C)O)c(C#N)c1N. The molecule has 1 aromatic heterocycles. The minimum absolute atomic E-state index is 0.0710. The van der Waals surface area contributed by atoms with Gasteiger partial charge in [0.05, 0.1) is 16.9 Å². The van der Waals surface area contributed by atoms with Crippen LogP contribution in [0, 0.1) is 18.3 Å². The molecule has 6 nitrogen and oxygen atoms in total. The summed E-state index contributed by atoms with van der Waals surface area (Å²) in [5.74, 6) is -0.0601. The third-order valence-corrected chi connectivity index (χ3v) is 2.23. The lowest BCUT2D eigenvalue weighted by atomic mass is 10.0. The number of aromatic nitrogens is 1. The zero-order valence-electron chi connectivity index (χ0n) is 9.90. The minimum Gasteiger partial charge on any atom is -0.397 e. The molecule has 0 amide bonds. The highest BCUT2D eigenvalue weighted by Gasteiger charge is 2.18. The first kappa shape index (κ1) is 12.9. The van der Waals surface area contributed by atoms with E-state index >= 15 is 0 Å². The number of rotatable bonds is 3. The smallest absolute Gasteiger partial charge is 0.163 e. The summed E-state index contributed by atoms with van der Waals surface area (Å²) in [6, 6.07) is 1.88. The molecular weight excluding hydrogens is 220 g/mol. The molecule has 0 saturated heterocycles. The van der Waals surface area contributed by atoms with E-state index in [9.17, 15) is 9.90 Å². The number of carbonyl (C=O) groups is 1. The second kappa shape index (κ2) is 4.80. The van der Waals surface area contributed by atoms with Gasteiger partial charge in [-0.1, -0.05) is 0 Å². The molecule has 1 atom stereocenters. The van der Waals surface area contributed by atoms with Gasteiger partial charge in [0.25, 0.3) is 0 Å². The van der Waals surface area contributed by atoms with Gasteiger partial charge in [-0.25, -0.2) is 4.98 Å². The van der Waals surface area contributed by atoms with Crippen molar-refractivity contribution in [2.75, 3.05) is 11.1 Å². The number of anilines is 2. The molecule has 0 spiro atoms. The van der Waals surface area contributed by atoms with Crippen LogP contribution in [0.4, 0.5) is 11.5 Å². The molecule has 1 heterocycles. The number of aliphatic hydroxyl groups is 1. The quantitative estimate of drug-likeness (QED) is 0.526. The van der Waals surface area contributed by atoms with Gasteiger partial charge in [0.2, 0.25) is 0 Å². The van der Waals surface area contributed by atoms with Crippen molar-refractivity contribution >= 4 is 17.3 Å². The van der Waals surface area contributed by atoms with Crippen molar-refractivity contribution in [3.8, 4) is 6.07 Å². The minimum atomic E-state index is -0.864. The van der Waals surface area contributed by atoms with Crippen LogP contribution >= 0.6 is 0 Å². The molecule has 4 N–H and O–H groups in total. The summed E-state index contributed by atoms with van der Waals surface area (Å²) in [4.78, 5) is 15.5. The van der Waals surface area contributed by atoms with Crippen LogP contribution in [0.5, 0.6) is 0 Å². The first-order chi connectivity index (χ1) is 7.88. The molecule has 1 rings (SSSR count). The van der Waals surface area contributed by atoms with E-state index in [1.165, 1.54) is 13.8 Å². The van der Waals surface area contributed by atoms with Crippen LogP contribution in [0.2, 0.25) is 0 Å². The van der Waals surface area contributed by atoms with Crippen molar-refractivity contribution in [3.63, 3.8) is 0 Å². The van der Waals surface area contributed by atoms with Gasteiger partial charge in [0.1, 0.15) is 23.7 Å². The Balaban J connectivity index is 3.48. The summed E-state index contributed by atoms with van der Waals surface area (Å²) >= 11 is 0. The maximum absolute atomic E-state index is 11.4. The number of nitriles is 1. The molecule has 0 bridgehead atoms. The Morgan fingerprint density at radius 2 is 2.24 bits per heavy atom. The molecule has 1 unspecified atom stereocenters. The highest BCUT2D eigenvalue weighted by molar-refractivity contribution is 6.02. The number of hydrogen-bond acceptors (Lipinski definition) is 6. The van der Waals surface area contributed by atoms with Gasteiger partial charge in [-0.3, -0.25) is 4.79 Å². The number of carbonyl (C=O) groups excluding carboxylic acids is 1. The van der Waals surface area contributed by atoms with Crippen molar-refractivity contribution in [2.24, 2.45) is 0 Å². The fourth-order valence-electron chi connectivity index (χ4n) is 1.59. The number of pyridine rings is 1. The van der Waals surface area contributed by atoms with E-state index in [1.807, 2.05) is 6.07 Å². The van der Waals surface area contributed by atoms with Crippen LogP contribution in [0.25, 0.3) is 0 Å². The lowest BCUT2D eigenvalue weighted by Gasteiger charge is -2.14. The van der Waals surface area contributed by atoms with E-state index in [-0.39, 0.29) is 28.4 Å². The number of nitrogen functional groups attached to an aromatic ring is 1. The monoisotopic (exact) mass is 234 g/mol. The van der Waals surface area contributed by atoms with Crippen LogP contribution < -0.4 is 11.1 Å². The topological polar surface area (TPSA) is 112 Å². The zero-order valence-corrected chi connectivity index (χ0v) is 9.90. The molecule has 0 saturated carbocycles. The fraction of sp³-hybridized carbons (Fsp3) is 0.364. The highest BCUT2D eigenvalue weighted by Crippen LogP contribution is 2.26. The third kappa shape index (κ3) is 2.52. The first-order valence-electron chi connectivity index (χ1n) is 5.04. The highest BCUT2D eigenvalue weighted by atomic mass is 16.3. The van der Waals surface area contributed by atoms with Crippen LogP contribution in [0.1, 0.15) is 35.5 Å². The van der Waals surface area contributed by atoms with Crippen molar-refractivity contribution in [2.45, 2.75) is 27.0 Å². The van der Waals surface area contributed by atoms with E-state index < -0.39 is 6.23 Å². The van der Waals surface area contributed by atoms with Gasteiger partial charge < -0.3 is 16.2 Å². The number of ketones is 1. The van der Waals surface area contributed by atoms with Gasteiger partial charge in [-0.2, -0.15) is 5.26 Å². The van der Waals surface area contributed by atoms with Gasteiger partial charge in [0, 0.05) is 0 Å². The van der Waals surface area contributed by atoms with E-state index in [2.05, 4.69) is 10.3 Å². The average molecular weight is 234 g/mol. The third-order valence-electron chi connectivity index (χ3n) is 2.23. The molecule has 0 radical (unpaired) electrons. The fourth-order valence-corrected chi connectivity index (χ4v) is 1.59. The summed E-state index contributed by atoms with van der Waals surface area (Å²) < 4.78 is 0. The number of Topliss-reactive ketones (excluding diaryl/α,β-unsaturated/α-hetero) is 1. The molecule has 17 heavy (non-hydrogen) atoms. The Morgan fingerprint density at radius 3 is 2.65 bits per heavy atom. The molecule has 0 aliphatic carbocycles. The van der Waals surface area contributed by atoms with Gasteiger partial charge in [-0.05, 0) is 20.8 Å². The van der Waals surface area contributed by atoms with Gasteiger partial charge in [-0.15, -0.1) is 0 Å². The van der Waals surface area contributed by atoms with Crippen LogP contribution in [-0.2, 0) is 0 Å². The van der Waals surface area contributed by atoms with E-state index in [0.29, 0.717) is 5.69 Å². The number of nitrogens with one attached hydrogen (secondary N) is 1. The summed E-state index contributed by atoms with van der Waals surface area (Å²) in [6.45, 7) is 4.48. The predicted molar refractivity (Wildman–Crippen MR) is 63.4 cm³/mol.